The van der Waals surface area contributed by atoms with Gasteiger partial charge in [0.2, 0.25) is 0 Å². The predicted octanol–water partition coefficient (Wildman–Crippen LogP) is 3.33. The maximum Gasteiger partial charge on any atom is 0.265 e. The van der Waals surface area contributed by atoms with E-state index in [1.807, 2.05) is 0 Å². The van der Waals surface area contributed by atoms with Gasteiger partial charge in [-0.25, -0.2) is 8.78 Å². The molecule has 0 aliphatic carbocycles. The summed E-state index contributed by atoms with van der Waals surface area (Å²) in [5.41, 5.74) is 0.294. The Hall–Kier alpha value is -1.17. The molecule has 1 aromatic rings. The number of hydrogen-bond donors (Lipinski definition) is 0. The number of carbonyl (C=O) groups is 1. The Morgan fingerprint density at radius 2 is 2.21 bits per heavy atom. The van der Waals surface area contributed by atoms with Crippen LogP contribution in [-0.2, 0) is 0 Å². The van der Waals surface area contributed by atoms with Crippen molar-refractivity contribution in [1.29, 1.82) is 0 Å². The Kier molecular flexibility index (Phi) is 4.08. The summed E-state index contributed by atoms with van der Waals surface area (Å²) in [6.07, 6.45) is 0.148. The number of rotatable bonds is 2. The highest BCUT2D eigenvalue weighted by atomic mass is 79.9. The largest absolute Gasteiger partial charge is 0.496 e. The van der Waals surface area contributed by atoms with E-state index in [1.165, 1.54) is 12.0 Å². The number of halogens is 3. The van der Waals surface area contributed by atoms with Crippen LogP contribution >= 0.6 is 15.9 Å². The van der Waals surface area contributed by atoms with Crippen LogP contribution in [-0.4, -0.2) is 36.9 Å². The van der Waals surface area contributed by atoms with Crippen molar-refractivity contribution in [3.63, 3.8) is 0 Å². The molecular formula is C13H14BrF2NO2. The molecule has 0 saturated carbocycles. The normalized spacial score (nSPS) is 18.2. The van der Waals surface area contributed by atoms with Gasteiger partial charge < -0.3 is 9.64 Å². The van der Waals surface area contributed by atoms with Crippen LogP contribution in [0.1, 0.15) is 23.2 Å². The van der Waals surface area contributed by atoms with Crippen LogP contribution in [0.5, 0.6) is 5.75 Å². The summed E-state index contributed by atoms with van der Waals surface area (Å²) in [7, 11) is 1.45. The smallest absolute Gasteiger partial charge is 0.265 e. The molecular weight excluding hydrogens is 320 g/mol. The third-order valence-corrected chi connectivity index (χ3v) is 3.75. The molecule has 1 saturated heterocycles. The summed E-state index contributed by atoms with van der Waals surface area (Å²) in [5, 5.41) is 0. The molecule has 19 heavy (non-hydrogen) atoms. The van der Waals surface area contributed by atoms with Gasteiger partial charge in [-0.05, 0) is 34.5 Å². The van der Waals surface area contributed by atoms with Crippen molar-refractivity contribution >= 4 is 21.8 Å². The Morgan fingerprint density at radius 1 is 1.47 bits per heavy atom. The third-order valence-electron chi connectivity index (χ3n) is 3.09. The molecule has 2 rings (SSSR count). The maximum absolute atomic E-state index is 13.4. The molecule has 0 unspecified atom stereocenters. The number of ether oxygens (including phenoxy) is 1. The molecule has 0 N–H and O–H groups in total. The molecule has 0 radical (unpaired) electrons. The fraction of sp³-hybridized carbons (Fsp3) is 0.462. The molecule has 1 aliphatic rings. The number of alkyl halides is 2. The lowest BCUT2D eigenvalue weighted by atomic mass is 10.1. The lowest BCUT2D eigenvalue weighted by Crippen LogP contribution is -2.45. The van der Waals surface area contributed by atoms with E-state index < -0.39 is 18.4 Å². The van der Waals surface area contributed by atoms with Gasteiger partial charge in [-0.1, -0.05) is 6.07 Å². The topological polar surface area (TPSA) is 29.5 Å². The van der Waals surface area contributed by atoms with Crippen LogP contribution in [0.2, 0.25) is 0 Å². The SMILES string of the molecule is COc1cccc(Br)c1C(=O)N1CCCC(F)(F)C1. The van der Waals surface area contributed by atoms with E-state index in [4.69, 9.17) is 4.74 Å². The molecule has 1 aliphatic heterocycles. The average molecular weight is 334 g/mol. The second-order valence-corrected chi connectivity index (χ2v) is 5.36. The summed E-state index contributed by atoms with van der Waals surface area (Å²) >= 11 is 3.27. The fourth-order valence-corrected chi connectivity index (χ4v) is 2.70. The van der Waals surface area contributed by atoms with Gasteiger partial charge in [0.15, 0.2) is 0 Å². The number of amides is 1. The first-order chi connectivity index (χ1) is 8.94. The van der Waals surface area contributed by atoms with E-state index in [1.54, 1.807) is 18.2 Å². The van der Waals surface area contributed by atoms with Crippen LogP contribution in [0.25, 0.3) is 0 Å². The number of nitrogens with zero attached hydrogens (tertiary/aromatic N) is 1. The zero-order valence-electron chi connectivity index (χ0n) is 10.5. The van der Waals surface area contributed by atoms with Gasteiger partial charge in [0.1, 0.15) is 5.75 Å². The quantitative estimate of drug-likeness (QED) is 0.830. The van der Waals surface area contributed by atoms with Gasteiger partial charge in [-0.2, -0.15) is 0 Å². The number of piperidine rings is 1. The van der Waals surface area contributed by atoms with Crippen molar-refractivity contribution in [2.75, 3.05) is 20.2 Å². The van der Waals surface area contributed by atoms with E-state index in [-0.39, 0.29) is 6.42 Å². The summed E-state index contributed by atoms with van der Waals surface area (Å²) in [4.78, 5) is 13.6. The van der Waals surface area contributed by atoms with Crippen LogP contribution in [0.15, 0.2) is 22.7 Å². The Balaban J connectivity index is 2.29. The summed E-state index contributed by atoms with van der Waals surface area (Å²) in [5.74, 6) is -2.85. The summed E-state index contributed by atoms with van der Waals surface area (Å²) < 4.78 is 32.4. The van der Waals surface area contributed by atoms with Gasteiger partial charge in [-0.3, -0.25) is 4.79 Å². The molecule has 0 aromatic heterocycles. The van der Waals surface area contributed by atoms with Crippen LogP contribution in [0.3, 0.4) is 0 Å². The number of carbonyl (C=O) groups excluding carboxylic acids is 1. The van der Waals surface area contributed by atoms with Crippen molar-refractivity contribution in [2.45, 2.75) is 18.8 Å². The highest BCUT2D eigenvalue weighted by Gasteiger charge is 2.38. The van der Waals surface area contributed by atoms with E-state index in [9.17, 15) is 13.6 Å². The maximum atomic E-state index is 13.4. The van der Waals surface area contributed by atoms with E-state index in [0.717, 1.165) is 0 Å². The molecule has 1 amide bonds. The van der Waals surface area contributed by atoms with Crippen molar-refractivity contribution in [3.05, 3.63) is 28.2 Å². The molecule has 0 bridgehead atoms. The van der Waals surface area contributed by atoms with Gasteiger partial charge in [0, 0.05) is 17.4 Å². The number of hydrogen-bond acceptors (Lipinski definition) is 2. The van der Waals surface area contributed by atoms with Gasteiger partial charge >= 0.3 is 0 Å². The average Bonchev–Trinajstić information content (AvgIpc) is 2.36. The van der Waals surface area contributed by atoms with Crippen molar-refractivity contribution in [2.24, 2.45) is 0 Å². The highest BCUT2D eigenvalue weighted by molar-refractivity contribution is 9.10. The molecule has 1 heterocycles. The molecule has 0 spiro atoms. The lowest BCUT2D eigenvalue weighted by Gasteiger charge is -2.32. The molecule has 104 valence electrons. The summed E-state index contributed by atoms with van der Waals surface area (Å²) in [6.45, 7) is -0.185. The summed E-state index contributed by atoms with van der Waals surface area (Å²) in [6, 6.07) is 5.06. The zero-order valence-corrected chi connectivity index (χ0v) is 12.0. The second-order valence-electron chi connectivity index (χ2n) is 4.50. The molecule has 1 fully saturated rings. The van der Waals surface area contributed by atoms with Crippen LogP contribution in [0.4, 0.5) is 8.78 Å². The predicted molar refractivity (Wildman–Crippen MR) is 70.8 cm³/mol. The van der Waals surface area contributed by atoms with Crippen molar-refractivity contribution < 1.29 is 18.3 Å². The number of likely N-dealkylation sites (tertiary alicyclic amines) is 1. The van der Waals surface area contributed by atoms with Crippen LogP contribution < -0.4 is 4.74 Å². The van der Waals surface area contributed by atoms with Crippen LogP contribution in [0, 0.1) is 0 Å². The van der Waals surface area contributed by atoms with Crippen molar-refractivity contribution in [3.8, 4) is 5.75 Å². The first kappa shape index (κ1) is 14.2. The Labute approximate surface area is 118 Å². The lowest BCUT2D eigenvalue weighted by molar-refractivity contribution is -0.0561. The third kappa shape index (κ3) is 3.05. The highest BCUT2D eigenvalue weighted by Crippen LogP contribution is 2.32. The monoisotopic (exact) mass is 333 g/mol. The van der Waals surface area contributed by atoms with E-state index >= 15 is 0 Å². The van der Waals surface area contributed by atoms with Gasteiger partial charge in [-0.15, -0.1) is 0 Å². The number of methoxy groups -OCH3 is 1. The minimum atomic E-state index is -2.80. The van der Waals surface area contributed by atoms with Gasteiger partial charge in [0.25, 0.3) is 11.8 Å². The zero-order chi connectivity index (χ0) is 14.0. The minimum absolute atomic E-state index is 0.163. The number of benzene rings is 1. The first-order valence-electron chi connectivity index (χ1n) is 5.94. The molecule has 1 aromatic carbocycles. The minimum Gasteiger partial charge on any atom is -0.496 e. The fourth-order valence-electron chi connectivity index (χ4n) is 2.18. The van der Waals surface area contributed by atoms with Gasteiger partial charge in [0.05, 0.1) is 19.2 Å². The molecule has 6 heteroatoms. The molecule has 3 nitrogen and oxygen atoms in total. The molecule has 0 atom stereocenters. The Morgan fingerprint density at radius 3 is 2.84 bits per heavy atom. The van der Waals surface area contributed by atoms with Crippen molar-refractivity contribution in [1.82, 2.24) is 4.90 Å². The van der Waals surface area contributed by atoms with E-state index in [0.29, 0.717) is 28.8 Å². The Bertz CT molecular complexity index is 494. The second kappa shape index (κ2) is 5.45. The van der Waals surface area contributed by atoms with E-state index in [2.05, 4.69) is 15.9 Å². The first-order valence-corrected chi connectivity index (χ1v) is 6.73. The standard InChI is InChI=1S/C13H14BrF2NO2/c1-19-10-5-2-4-9(14)11(10)12(18)17-7-3-6-13(15,16)8-17/h2,4-5H,3,6-8H2,1H3.